The number of phenolic OH excluding ortho intramolecular Hbond substituents is 1. The van der Waals surface area contributed by atoms with E-state index in [1.807, 2.05) is 41.4 Å². The fraction of sp³-hybridized carbons (Fsp3) is 0.269. The molecular weight excluding hydrogens is 436 g/mol. The summed E-state index contributed by atoms with van der Waals surface area (Å²) in [5, 5.41) is 17.4. The van der Waals surface area contributed by atoms with Gasteiger partial charge < -0.3 is 28.8 Å². The predicted molar refractivity (Wildman–Crippen MR) is 126 cm³/mol. The van der Waals surface area contributed by atoms with Crippen LogP contribution in [0.25, 0.3) is 0 Å². The fourth-order valence-corrected chi connectivity index (χ4v) is 4.51. The Morgan fingerprint density at radius 3 is 2.41 bits per heavy atom. The highest BCUT2D eigenvalue weighted by molar-refractivity contribution is 6.04. The van der Waals surface area contributed by atoms with E-state index in [2.05, 4.69) is 0 Å². The van der Waals surface area contributed by atoms with Gasteiger partial charge in [-0.15, -0.1) is 0 Å². The molecule has 0 fully saturated rings. The van der Waals surface area contributed by atoms with Gasteiger partial charge in [0.2, 0.25) is 6.23 Å². The second kappa shape index (κ2) is 8.70. The molecule has 0 spiro atoms. The van der Waals surface area contributed by atoms with E-state index in [9.17, 15) is 5.11 Å². The summed E-state index contributed by atoms with van der Waals surface area (Å²) in [4.78, 5) is 0. The fourth-order valence-electron chi connectivity index (χ4n) is 4.51. The van der Waals surface area contributed by atoms with Gasteiger partial charge in [-0.2, -0.15) is 5.10 Å². The lowest BCUT2D eigenvalue weighted by Crippen LogP contribution is -2.33. The van der Waals surface area contributed by atoms with Crippen LogP contribution in [0.1, 0.15) is 35.4 Å². The number of hydrogen-bond donors (Lipinski definition) is 1. The first-order valence-corrected chi connectivity index (χ1v) is 10.9. The van der Waals surface area contributed by atoms with Crippen LogP contribution in [0.15, 0.2) is 59.7 Å². The molecule has 8 nitrogen and oxygen atoms in total. The van der Waals surface area contributed by atoms with Crippen LogP contribution in [-0.2, 0) is 0 Å². The lowest BCUT2D eigenvalue weighted by atomic mass is 9.95. The van der Waals surface area contributed by atoms with Crippen molar-refractivity contribution >= 4 is 5.71 Å². The van der Waals surface area contributed by atoms with Gasteiger partial charge in [-0.3, -0.25) is 0 Å². The zero-order valence-electron chi connectivity index (χ0n) is 19.4. The Labute approximate surface area is 197 Å². The van der Waals surface area contributed by atoms with Crippen molar-refractivity contribution in [2.24, 2.45) is 5.10 Å². The molecule has 3 aromatic carbocycles. The number of hydrazone groups is 1. The minimum absolute atomic E-state index is 0.113. The van der Waals surface area contributed by atoms with Crippen molar-refractivity contribution < 1.29 is 28.8 Å². The van der Waals surface area contributed by atoms with Crippen LogP contribution < -0.4 is 23.7 Å². The summed E-state index contributed by atoms with van der Waals surface area (Å²) < 4.78 is 28.4. The van der Waals surface area contributed by atoms with E-state index in [4.69, 9.17) is 28.8 Å². The first-order valence-electron chi connectivity index (χ1n) is 10.9. The number of hydrogen-bond acceptors (Lipinski definition) is 8. The van der Waals surface area contributed by atoms with Gasteiger partial charge in [0, 0.05) is 23.1 Å². The summed E-state index contributed by atoms with van der Waals surface area (Å²) in [6, 6.07) is 16.5. The monoisotopic (exact) mass is 462 g/mol. The number of benzene rings is 3. The standard InChI is InChI=1S/C26H26N2O6/c1-30-16-9-10-21(29)18(13-16)19-14-20-17-6-5-7-23(32-3)25(17)34-26(28(20)27-19)15-8-11-22(31-2)24(12-15)33-4/h5-13,20,26,29H,14H2,1-4H3/t20-,26+/m0/s1. The van der Waals surface area contributed by atoms with Gasteiger partial charge in [-0.25, -0.2) is 5.01 Å². The quantitative estimate of drug-likeness (QED) is 0.570. The van der Waals surface area contributed by atoms with Crippen molar-refractivity contribution in [3.8, 4) is 34.5 Å². The smallest absolute Gasteiger partial charge is 0.214 e. The Morgan fingerprint density at radius 2 is 1.68 bits per heavy atom. The molecule has 0 saturated carbocycles. The molecule has 3 aromatic rings. The van der Waals surface area contributed by atoms with Crippen LogP contribution >= 0.6 is 0 Å². The third kappa shape index (κ3) is 3.51. The van der Waals surface area contributed by atoms with Crippen LogP contribution in [0.5, 0.6) is 34.5 Å². The van der Waals surface area contributed by atoms with Crippen molar-refractivity contribution in [2.45, 2.75) is 18.7 Å². The number of fused-ring (bicyclic) bond motifs is 3. The normalized spacial score (nSPS) is 18.4. The van der Waals surface area contributed by atoms with Gasteiger partial charge in [0.1, 0.15) is 11.5 Å². The van der Waals surface area contributed by atoms with Crippen molar-refractivity contribution in [2.75, 3.05) is 28.4 Å². The Hall–Kier alpha value is -4.07. The van der Waals surface area contributed by atoms with Gasteiger partial charge in [0.25, 0.3) is 0 Å². The molecule has 0 aliphatic carbocycles. The van der Waals surface area contributed by atoms with Crippen LogP contribution in [0, 0.1) is 0 Å². The topological polar surface area (TPSA) is 82.0 Å². The third-order valence-electron chi connectivity index (χ3n) is 6.21. The molecule has 5 rings (SSSR count). The molecule has 0 bridgehead atoms. The summed E-state index contributed by atoms with van der Waals surface area (Å²) in [7, 11) is 6.42. The van der Waals surface area contributed by atoms with Crippen molar-refractivity contribution in [3.05, 3.63) is 71.3 Å². The van der Waals surface area contributed by atoms with E-state index in [-0.39, 0.29) is 11.8 Å². The van der Waals surface area contributed by atoms with Gasteiger partial charge in [0.05, 0.1) is 40.2 Å². The van der Waals surface area contributed by atoms with Gasteiger partial charge in [-0.1, -0.05) is 12.1 Å². The molecule has 2 atom stereocenters. The number of phenols is 1. The summed E-state index contributed by atoms with van der Waals surface area (Å²) >= 11 is 0. The maximum absolute atomic E-state index is 10.6. The molecule has 2 aliphatic rings. The minimum Gasteiger partial charge on any atom is -0.507 e. The molecule has 0 amide bonds. The summed E-state index contributed by atoms with van der Waals surface area (Å²) in [5.74, 6) is 3.35. The molecule has 0 radical (unpaired) electrons. The lowest BCUT2D eigenvalue weighted by Gasteiger charge is -2.38. The minimum atomic E-state index is -0.543. The second-order valence-corrected chi connectivity index (χ2v) is 7.99. The molecule has 176 valence electrons. The lowest BCUT2D eigenvalue weighted by molar-refractivity contribution is -0.0210. The molecule has 2 heterocycles. The Morgan fingerprint density at radius 1 is 0.882 bits per heavy atom. The Bertz CT molecular complexity index is 1260. The summed E-state index contributed by atoms with van der Waals surface area (Å²) in [5.41, 5.74) is 3.19. The predicted octanol–water partition coefficient (Wildman–Crippen LogP) is 4.67. The first kappa shape index (κ1) is 21.8. The summed E-state index contributed by atoms with van der Waals surface area (Å²) in [6.45, 7) is 0. The second-order valence-electron chi connectivity index (χ2n) is 7.99. The van der Waals surface area contributed by atoms with E-state index < -0.39 is 6.23 Å². The molecule has 8 heteroatoms. The largest absolute Gasteiger partial charge is 0.507 e. The zero-order chi connectivity index (χ0) is 23.8. The highest BCUT2D eigenvalue weighted by atomic mass is 16.5. The third-order valence-corrected chi connectivity index (χ3v) is 6.21. The van der Waals surface area contributed by atoms with E-state index in [0.29, 0.717) is 40.7 Å². The number of methoxy groups -OCH3 is 4. The van der Waals surface area contributed by atoms with Crippen molar-refractivity contribution in [3.63, 3.8) is 0 Å². The average molecular weight is 463 g/mol. The van der Waals surface area contributed by atoms with Gasteiger partial charge in [-0.05, 0) is 42.5 Å². The first-order chi connectivity index (χ1) is 16.6. The van der Waals surface area contributed by atoms with Crippen LogP contribution in [0.2, 0.25) is 0 Å². The highest BCUT2D eigenvalue weighted by Crippen LogP contribution is 2.51. The molecule has 2 aliphatic heterocycles. The van der Waals surface area contributed by atoms with Crippen LogP contribution in [-0.4, -0.2) is 44.3 Å². The summed E-state index contributed by atoms with van der Waals surface area (Å²) in [6.07, 6.45) is 0.0347. The molecular formula is C26H26N2O6. The van der Waals surface area contributed by atoms with E-state index in [1.165, 1.54) is 0 Å². The van der Waals surface area contributed by atoms with E-state index in [0.717, 1.165) is 16.8 Å². The molecule has 0 aromatic heterocycles. The Kier molecular flexibility index (Phi) is 5.57. The van der Waals surface area contributed by atoms with Crippen molar-refractivity contribution in [1.82, 2.24) is 5.01 Å². The number of aromatic hydroxyl groups is 1. The zero-order valence-corrected chi connectivity index (χ0v) is 19.4. The van der Waals surface area contributed by atoms with Crippen LogP contribution in [0.3, 0.4) is 0 Å². The highest BCUT2D eigenvalue weighted by Gasteiger charge is 2.42. The number of rotatable bonds is 6. The number of para-hydroxylation sites is 1. The molecule has 0 unspecified atom stereocenters. The molecule has 0 saturated heterocycles. The number of nitrogens with zero attached hydrogens (tertiary/aromatic N) is 2. The molecule has 34 heavy (non-hydrogen) atoms. The van der Waals surface area contributed by atoms with E-state index in [1.54, 1.807) is 46.6 Å². The maximum atomic E-state index is 10.6. The van der Waals surface area contributed by atoms with Gasteiger partial charge in [0.15, 0.2) is 23.0 Å². The number of ether oxygens (including phenoxy) is 5. The van der Waals surface area contributed by atoms with E-state index >= 15 is 0 Å². The average Bonchev–Trinajstić information content (AvgIpc) is 3.33. The Balaban J connectivity index is 1.63. The van der Waals surface area contributed by atoms with Gasteiger partial charge >= 0.3 is 0 Å². The maximum Gasteiger partial charge on any atom is 0.214 e. The van der Waals surface area contributed by atoms with Crippen molar-refractivity contribution in [1.29, 1.82) is 0 Å². The molecule has 1 N–H and O–H groups in total. The SMILES string of the molecule is COc1ccc(O)c(C2=NN3[C@@H](c4ccc(OC)c(OC)c4)Oc4c(OC)cccc4[C@@H]3C2)c1. The van der Waals surface area contributed by atoms with Crippen LogP contribution in [0.4, 0.5) is 0 Å².